The summed E-state index contributed by atoms with van der Waals surface area (Å²) in [6.07, 6.45) is 2.93. The molecule has 0 bridgehead atoms. The molecule has 2 aromatic rings. The van der Waals surface area contributed by atoms with E-state index < -0.39 is 5.97 Å². The molecule has 2 rings (SSSR count). The number of carbonyl (C=O) groups excluding carboxylic acids is 1. The average molecular weight is 236 g/mol. The maximum atomic E-state index is 11.7. The molecule has 0 saturated carbocycles. The average Bonchev–Trinajstić information content (AvgIpc) is 2.75. The molecule has 0 unspecified atom stereocenters. The van der Waals surface area contributed by atoms with Crippen molar-refractivity contribution in [3.63, 3.8) is 0 Å². The molecule has 0 amide bonds. The Morgan fingerprint density at radius 3 is 3.06 bits per heavy atom. The van der Waals surface area contributed by atoms with Crippen molar-refractivity contribution in [2.24, 2.45) is 0 Å². The van der Waals surface area contributed by atoms with E-state index in [1.165, 1.54) is 10.8 Å². The van der Waals surface area contributed by atoms with E-state index in [0.717, 1.165) is 0 Å². The molecule has 2 heterocycles. The van der Waals surface area contributed by atoms with Crippen LogP contribution in [0, 0.1) is 6.92 Å². The molecule has 90 valence electrons. The first-order chi connectivity index (χ1) is 8.22. The number of hydrogen-bond donors (Lipinski definition) is 0. The van der Waals surface area contributed by atoms with Gasteiger partial charge in [0.1, 0.15) is 12.9 Å². The Balaban J connectivity index is 2.21. The Kier molecular flexibility index (Phi) is 3.29. The SMILES string of the molecule is COCCOC(=O)c1cn2ncnc2nc1C. The lowest BCUT2D eigenvalue weighted by Gasteiger charge is -2.06. The summed E-state index contributed by atoms with van der Waals surface area (Å²) in [5.74, 6) is 0.0143. The van der Waals surface area contributed by atoms with Gasteiger partial charge in [-0.25, -0.2) is 14.3 Å². The van der Waals surface area contributed by atoms with Crippen molar-refractivity contribution in [1.29, 1.82) is 0 Å². The Labute approximate surface area is 97.4 Å². The number of hydrogen-bond acceptors (Lipinski definition) is 6. The largest absolute Gasteiger partial charge is 0.460 e. The molecule has 0 saturated heterocycles. The second kappa shape index (κ2) is 4.88. The lowest BCUT2D eigenvalue weighted by atomic mass is 10.2. The maximum absolute atomic E-state index is 11.7. The predicted octanol–water partition coefficient (Wildman–Crippen LogP) is 0.236. The van der Waals surface area contributed by atoms with E-state index >= 15 is 0 Å². The number of aromatic nitrogens is 4. The number of esters is 1. The Morgan fingerprint density at radius 1 is 1.47 bits per heavy atom. The molecule has 0 aliphatic carbocycles. The van der Waals surface area contributed by atoms with Gasteiger partial charge in [0.2, 0.25) is 0 Å². The van der Waals surface area contributed by atoms with Crippen LogP contribution >= 0.6 is 0 Å². The van der Waals surface area contributed by atoms with Crippen LogP contribution in [0.2, 0.25) is 0 Å². The zero-order valence-corrected chi connectivity index (χ0v) is 9.58. The highest BCUT2D eigenvalue weighted by Crippen LogP contribution is 2.07. The van der Waals surface area contributed by atoms with Crippen LogP contribution in [0.25, 0.3) is 5.78 Å². The van der Waals surface area contributed by atoms with Gasteiger partial charge in [0, 0.05) is 13.3 Å². The first kappa shape index (κ1) is 11.5. The number of carbonyl (C=O) groups is 1. The van der Waals surface area contributed by atoms with Crippen LogP contribution in [0.5, 0.6) is 0 Å². The van der Waals surface area contributed by atoms with Crippen LogP contribution in [-0.4, -0.2) is 45.9 Å². The maximum Gasteiger partial charge on any atom is 0.341 e. The van der Waals surface area contributed by atoms with Crippen LogP contribution < -0.4 is 0 Å². The van der Waals surface area contributed by atoms with Crippen molar-refractivity contribution < 1.29 is 14.3 Å². The fourth-order valence-corrected chi connectivity index (χ4v) is 1.34. The summed E-state index contributed by atoms with van der Waals surface area (Å²) in [5.41, 5.74) is 0.937. The molecule has 0 spiro atoms. The van der Waals surface area contributed by atoms with E-state index in [9.17, 15) is 4.79 Å². The van der Waals surface area contributed by atoms with E-state index in [1.54, 1.807) is 20.2 Å². The number of methoxy groups -OCH3 is 1. The number of rotatable bonds is 4. The molecule has 0 fully saturated rings. The fourth-order valence-electron chi connectivity index (χ4n) is 1.34. The van der Waals surface area contributed by atoms with Crippen LogP contribution in [-0.2, 0) is 9.47 Å². The highest BCUT2D eigenvalue weighted by atomic mass is 16.6. The molecule has 0 aromatic carbocycles. The van der Waals surface area contributed by atoms with Crippen LogP contribution in [0.4, 0.5) is 0 Å². The lowest BCUT2D eigenvalue weighted by Crippen LogP contribution is -2.13. The van der Waals surface area contributed by atoms with Crippen molar-refractivity contribution in [3.8, 4) is 0 Å². The van der Waals surface area contributed by atoms with Crippen molar-refractivity contribution >= 4 is 11.7 Å². The highest BCUT2D eigenvalue weighted by Gasteiger charge is 2.13. The number of ether oxygens (including phenoxy) is 2. The topological polar surface area (TPSA) is 78.6 Å². The molecule has 17 heavy (non-hydrogen) atoms. The van der Waals surface area contributed by atoms with Gasteiger partial charge in [0.05, 0.1) is 17.9 Å². The third kappa shape index (κ3) is 2.39. The minimum Gasteiger partial charge on any atom is -0.460 e. The van der Waals surface area contributed by atoms with Gasteiger partial charge in [-0.1, -0.05) is 0 Å². The Bertz CT molecular complexity index is 537. The van der Waals surface area contributed by atoms with Crippen molar-refractivity contribution in [3.05, 3.63) is 23.8 Å². The monoisotopic (exact) mass is 236 g/mol. The molecule has 0 aliphatic rings. The van der Waals surface area contributed by atoms with Gasteiger partial charge in [-0.05, 0) is 6.92 Å². The van der Waals surface area contributed by atoms with E-state index in [2.05, 4.69) is 15.1 Å². The second-order valence-electron chi connectivity index (χ2n) is 3.37. The normalized spacial score (nSPS) is 10.7. The van der Waals surface area contributed by atoms with Gasteiger partial charge in [0.15, 0.2) is 0 Å². The Morgan fingerprint density at radius 2 is 2.29 bits per heavy atom. The summed E-state index contributed by atoms with van der Waals surface area (Å²) in [5, 5.41) is 3.91. The molecular formula is C10H12N4O3. The Hall–Kier alpha value is -2.02. The first-order valence-electron chi connectivity index (χ1n) is 5.05. The third-order valence-corrected chi connectivity index (χ3v) is 2.20. The van der Waals surface area contributed by atoms with Crippen LogP contribution in [0.1, 0.15) is 16.1 Å². The zero-order chi connectivity index (χ0) is 12.3. The number of nitrogens with zero attached hydrogens (tertiary/aromatic N) is 4. The van der Waals surface area contributed by atoms with Gasteiger partial charge in [-0.2, -0.15) is 10.1 Å². The van der Waals surface area contributed by atoms with E-state index in [0.29, 0.717) is 23.6 Å². The summed E-state index contributed by atoms with van der Waals surface area (Å²) in [6.45, 7) is 2.30. The third-order valence-electron chi connectivity index (χ3n) is 2.20. The summed E-state index contributed by atoms with van der Waals surface area (Å²) < 4.78 is 11.2. The van der Waals surface area contributed by atoms with E-state index in [4.69, 9.17) is 9.47 Å². The predicted molar refractivity (Wildman–Crippen MR) is 57.7 cm³/mol. The quantitative estimate of drug-likeness (QED) is 0.558. The highest BCUT2D eigenvalue weighted by molar-refractivity contribution is 5.90. The molecule has 7 nitrogen and oxygen atoms in total. The molecule has 0 radical (unpaired) electrons. The van der Waals surface area contributed by atoms with Crippen molar-refractivity contribution in [2.45, 2.75) is 6.92 Å². The first-order valence-corrected chi connectivity index (χ1v) is 5.05. The molecule has 0 atom stereocenters. The van der Waals surface area contributed by atoms with E-state index in [1.807, 2.05) is 0 Å². The molecule has 2 aromatic heterocycles. The fraction of sp³-hybridized carbons (Fsp3) is 0.400. The van der Waals surface area contributed by atoms with Crippen molar-refractivity contribution in [1.82, 2.24) is 19.6 Å². The number of aryl methyl sites for hydroxylation is 1. The summed E-state index contributed by atoms with van der Waals surface area (Å²) >= 11 is 0. The van der Waals surface area contributed by atoms with Crippen LogP contribution in [0.3, 0.4) is 0 Å². The second-order valence-corrected chi connectivity index (χ2v) is 3.37. The summed E-state index contributed by atoms with van der Waals surface area (Å²) in [6, 6.07) is 0. The van der Waals surface area contributed by atoms with Crippen LogP contribution in [0.15, 0.2) is 12.5 Å². The van der Waals surface area contributed by atoms with Gasteiger partial charge < -0.3 is 9.47 Å². The van der Waals surface area contributed by atoms with Gasteiger partial charge >= 0.3 is 5.97 Å². The molecule has 0 aliphatic heterocycles. The minimum atomic E-state index is -0.440. The summed E-state index contributed by atoms with van der Waals surface area (Å²) in [7, 11) is 1.54. The van der Waals surface area contributed by atoms with Crippen molar-refractivity contribution in [2.75, 3.05) is 20.3 Å². The standard InChI is InChI=1S/C10H12N4O3/c1-7-8(9(15)17-4-3-16-2)5-14-10(13-7)11-6-12-14/h5-6H,3-4H2,1-2H3. The molecular weight excluding hydrogens is 224 g/mol. The minimum absolute atomic E-state index is 0.212. The van der Waals surface area contributed by atoms with E-state index in [-0.39, 0.29) is 6.61 Å². The summed E-state index contributed by atoms with van der Waals surface area (Å²) in [4.78, 5) is 19.8. The van der Waals surface area contributed by atoms with Gasteiger partial charge in [-0.15, -0.1) is 0 Å². The lowest BCUT2D eigenvalue weighted by molar-refractivity contribution is 0.0386. The smallest absolute Gasteiger partial charge is 0.341 e. The molecule has 0 N–H and O–H groups in total. The van der Waals surface area contributed by atoms with Gasteiger partial charge in [0.25, 0.3) is 5.78 Å². The van der Waals surface area contributed by atoms with Gasteiger partial charge in [-0.3, -0.25) is 0 Å². The molecule has 7 heteroatoms. The zero-order valence-electron chi connectivity index (χ0n) is 9.58. The number of fused-ring (bicyclic) bond motifs is 1.